The van der Waals surface area contributed by atoms with Crippen LogP contribution in [-0.4, -0.2) is 27.8 Å². The molecule has 0 radical (unpaired) electrons. The number of sulfonamides is 1. The van der Waals surface area contributed by atoms with E-state index >= 15 is 0 Å². The molecule has 0 bridgehead atoms. The van der Waals surface area contributed by atoms with Gasteiger partial charge in [0.15, 0.2) is 0 Å². The van der Waals surface area contributed by atoms with Crippen molar-refractivity contribution in [3.05, 3.63) is 35.9 Å². The maximum Gasteiger partial charge on any atom is 0.208 e. The van der Waals surface area contributed by atoms with E-state index < -0.39 is 10.0 Å². The monoisotopic (exact) mass is 298 g/mol. The molecule has 1 atom stereocenters. The Balaban J connectivity index is 2.42. The molecule has 0 fully saturated rings. The average molecular weight is 298 g/mol. The summed E-state index contributed by atoms with van der Waals surface area (Å²) in [7, 11) is -3.07. The summed E-state index contributed by atoms with van der Waals surface area (Å²) in [5, 5.41) is 3.52. The second-order valence-electron chi connectivity index (χ2n) is 5.57. The Kier molecular flexibility index (Phi) is 7.19. The fourth-order valence-corrected chi connectivity index (χ4v) is 2.63. The van der Waals surface area contributed by atoms with E-state index in [4.69, 9.17) is 0 Å². The zero-order chi connectivity index (χ0) is 15.0. The summed E-state index contributed by atoms with van der Waals surface area (Å²) in [6, 6.07) is 10.7. The van der Waals surface area contributed by atoms with E-state index in [2.05, 4.69) is 48.2 Å². The summed E-state index contributed by atoms with van der Waals surface area (Å²) in [6.45, 7) is 5.70. The summed E-state index contributed by atoms with van der Waals surface area (Å²) < 4.78 is 24.4. The molecule has 1 unspecified atom stereocenters. The molecule has 0 heterocycles. The molecule has 0 aliphatic carbocycles. The van der Waals surface area contributed by atoms with Crippen LogP contribution in [-0.2, 0) is 10.0 Å². The molecule has 1 rings (SSSR count). The van der Waals surface area contributed by atoms with Gasteiger partial charge in [-0.15, -0.1) is 0 Å². The quantitative estimate of drug-likeness (QED) is 0.688. The Morgan fingerprint density at radius 2 is 1.75 bits per heavy atom. The molecule has 2 N–H and O–H groups in total. The third kappa shape index (κ3) is 7.62. The van der Waals surface area contributed by atoms with Crippen molar-refractivity contribution in [3.63, 3.8) is 0 Å². The number of rotatable bonds is 9. The highest BCUT2D eigenvalue weighted by molar-refractivity contribution is 7.88. The van der Waals surface area contributed by atoms with E-state index in [-0.39, 0.29) is 0 Å². The van der Waals surface area contributed by atoms with Crippen LogP contribution in [0.2, 0.25) is 0 Å². The van der Waals surface area contributed by atoms with Crippen LogP contribution < -0.4 is 10.0 Å². The minimum atomic E-state index is -3.07. The zero-order valence-corrected chi connectivity index (χ0v) is 13.4. The maximum atomic E-state index is 11.0. The number of hydrogen-bond acceptors (Lipinski definition) is 3. The van der Waals surface area contributed by atoms with Gasteiger partial charge in [-0.2, -0.15) is 0 Å². The van der Waals surface area contributed by atoms with Gasteiger partial charge in [-0.25, -0.2) is 13.1 Å². The minimum Gasteiger partial charge on any atom is -0.310 e. The molecule has 1 aromatic rings. The molecule has 0 aliphatic heterocycles. The maximum absolute atomic E-state index is 11.0. The molecule has 5 heteroatoms. The van der Waals surface area contributed by atoms with Gasteiger partial charge in [-0.1, -0.05) is 44.2 Å². The van der Waals surface area contributed by atoms with Gasteiger partial charge < -0.3 is 5.32 Å². The summed E-state index contributed by atoms with van der Waals surface area (Å²) in [4.78, 5) is 0. The molecular formula is C15H26N2O2S. The molecule has 0 saturated carbocycles. The van der Waals surface area contributed by atoms with Crippen LogP contribution in [0.1, 0.15) is 38.3 Å². The lowest BCUT2D eigenvalue weighted by molar-refractivity contribution is 0.427. The van der Waals surface area contributed by atoms with Crippen molar-refractivity contribution in [1.82, 2.24) is 10.0 Å². The summed E-state index contributed by atoms with van der Waals surface area (Å²) in [5.74, 6) is 0.613. The van der Waals surface area contributed by atoms with Gasteiger partial charge >= 0.3 is 0 Å². The molecule has 1 aromatic carbocycles. The Morgan fingerprint density at radius 1 is 1.10 bits per heavy atom. The summed E-state index contributed by atoms with van der Waals surface area (Å²) in [6.07, 6.45) is 3.05. The van der Waals surface area contributed by atoms with Crippen LogP contribution in [0.15, 0.2) is 30.3 Å². The van der Waals surface area contributed by atoms with Crippen LogP contribution in [0, 0.1) is 5.92 Å². The molecule has 0 saturated heterocycles. The first-order chi connectivity index (χ1) is 9.38. The standard InChI is InChI=1S/C15H26N2O2S/c1-13(2)12-15(14-8-5-4-6-9-14)16-10-7-11-17-20(3,18)19/h4-6,8-9,13,15-17H,7,10-12H2,1-3H3. The van der Waals surface area contributed by atoms with Crippen molar-refractivity contribution < 1.29 is 8.42 Å². The SMILES string of the molecule is CC(C)CC(NCCCNS(C)(=O)=O)c1ccccc1. The van der Waals surface area contributed by atoms with E-state index in [9.17, 15) is 8.42 Å². The van der Waals surface area contributed by atoms with Crippen molar-refractivity contribution in [2.75, 3.05) is 19.3 Å². The van der Waals surface area contributed by atoms with Crippen molar-refractivity contribution in [2.45, 2.75) is 32.7 Å². The van der Waals surface area contributed by atoms with Crippen LogP contribution in [0.5, 0.6) is 0 Å². The lowest BCUT2D eigenvalue weighted by Crippen LogP contribution is -2.28. The first kappa shape index (κ1) is 17.1. The van der Waals surface area contributed by atoms with Gasteiger partial charge in [-0.3, -0.25) is 0 Å². The number of benzene rings is 1. The van der Waals surface area contributed by atoms with E-state index in [0.717, 1.165) is 19.4 Å². The zero-order valence-electron chi connectivity index (χ0n) is 12.6. The van der Waals surface area contributed by atoms with Gasteiger partial charge in [-0.05, 0) is 30.9 Å². The topological polar surface area (TPSA) is 58.2 Å². The van der Waals surface area contributed by atoms with Crippen molar-refractivity contribution in [1.29, 1.82) is 0 Å². The van der Waals surface area contributed by atoms with Gasteiger partial charge in [0.2, 0.25) is 10.0 Å². The number of hydrogen-bond donors (Lipinski definition) is 2. The highest BCUT2D eigenvalue weighted by atomic mass is 32.2. The minimum absolute atomic E-state index is 0.328. The highest BCUT2D eigenvalue weighted by Gasteiger charge is 2.12. The van der Waals surface area contributed by atoms with Gasteiger partial charge in [0.1, 0.15) is 0 Å². The van der Waals surface area contributed by atoms with E-state index in [0.29, 0.717) is 18.5 Å². The molecule has 114 valence electrons. The normalized spacial score (nSPS) is 13.6. The Morgan fingerprint density at radius 3 is 2.30 bits per heavy atom. The predicted molar refractivity (Wildman–Crippen MR) is 84.1 cm³/mol. The van der Waals surface area contributed by atoms with E-state index in [1.165, 1.54) is 11.8 Å². The van der Waals surface area contributed by atoms with Gasteiger partial charge in [0.25, 0.3) is 0 Å². The molecule has 4 nitrogen and oxygen atoms in total. The first-order valence-corrected chi connectivity index (χ1v) is 9.00. The Bertz CT molecular complexity index is 472. The lowest BCUT2D eigenvalue weighted by Gasteiger charge is -2.21. The Labute approximate surface area is 123 Å². The van der Waals surface area contributed by atoms with Crippen molar-refractivity contribution in [3.8, 4) is 0 Å². The highest BCUT2D eigenvalue weighted by Crippen LogP contribution is 2.20. The molecule has 0 spiro atoms. The fraction of sp³-hybridized carbons (Fsp3) is 0.600. The van der Waals surface area contributed by atoms with Crippen LogP contribution >= 0.6 is 0 Å². The van der Waals surface area contributed by atoms with Crippen molar-refractivity contribution >= 4 is 10.0 Å². The first-order valence-electron chi connectivity index (χ1n) is 7.11. The fourth-order valence-electron chi connectivity index (χ4n) is 2.12. The van der Waals surface area contributed by atoms with Gasteiger partial charge in [0.05, 0.1) is 6.26 Å². The van der Waals surface area contributed by atoms with E-state index in [1.54, 1.807) is 0 Å². The molecular weight excluding hydrogens is 272 g/mol. The average Bonchev–Trinajstić information content (AvgIpc) is 2.36. The smallest absolute Gasteiger partial charge is 0.208 e. The van der Waals surface area contributed by atoms with Gasteiger partial charge in [0, 0.05) is 12.6 Å². The lowest BCUT2D eigenvalue weighted by atomic mass is 9.97. The van der Waals surface area contributed by atoms with Crippen LogP contribution in [0.4, 0.5) is 0 Å². The van der Waals surface area contributed by atoms with E-state index in [1.807, 2.05) is 6.07 Å². The summed E-state index contributed by atoms with van der Waals surface area (Å²) >= 11 is 0. The molecule has 0 amide bonds. The molecule has 0 aromatic heterocycles. The van der Waals surface area contributed by atoms with Crippen LogP contribution in [0.25, 0.3) is 0 Å². The number of nitrogens with one attached hydrogen (secondary N) is 2. The summed E-state index contributed by atoms with van der Waals surface area (Å²) in [5.41, 5.74) is 1.29. The second kappa shape index (κ2) is 8.39. The van der Waals surface area contributed by atoms with Crippen LogP contribution in [0.3, 0.4) is 0 Å². The molecule has 20 heavy (non-hydrogen) atoms. The Hall–Kier alpha value is -0.910. The third-order valence-electron chi connectivity index (χ3n) is 3.02. The predicted octanol–water partition coefficient (Wildman–Crippen LogP) is 2.30. The largest absolute Gasteiger partial charge is 0.310 e. The third-order valence-corrected chi connectivity index (χ3v) is 3.75. The second-order valence-corrected chi connectivity index (χ2v) is 7.40. The van der Waals surface area contributed by atoms with Crippen molar-refractivity contribution in [2.24, 2.45) is 5.92 Å². The molecule has 0 aliphatic rings.